The number of carbonyl (C=O) groups is 1. The highest BCUT2D eigenvalue weighted by molar-refractivity contribution is 6.30. The molecule has 0 atom stereocenters. The van der Waals surface area contributed by atoms with E-state index >= 15 is 0 Å². The monoisotopic (exact) mass is 349 g/mol. The Morgan fingerprint density at radius 1 is 1.00 bits per heavy atom. The zero-order valence-corrected chi connectivity index (χ0v) is 13.7. The van der Waals surface area contributed by atoms with E-state index in [2.05, 4.69) is 4.98 Å². The second-order valence-electron chi connectivity index (χ2n) is 5.66. The number of pyridine rings is 1. The molecule has 4 nitrogen and oxygen atoms in total. The van der Waals surface area contributed by atoms with Crippen molar-refractivity contribution in [3.05, 3.63) is 93.6 Å². The fraction of sp³-hybridized carbons (Fsp3) is 0. The summed E-state index contributed by atoms with van der Waals surface area (Å²) in [7, 11) is 0. The summed E-state index contributed by atoms with van der Waals surface area (Å²) in [5.41, 5.74) is 2.99. The molecule has 0 aliphatic rings. The van der Waals surface area contributed by atoms with Gasteiger partial charge in [0.05, 0.1) is 11.8 Å². The number of ketones is 1. The molecule has 0 bridgehead atoms. The molecule has 25 heavy (non-hydrogen) atoms. The van der Waals surface area contributed by atoms with E-state index in [1.54, 1.807) is 36.4 Å². The van der Waals surface area contributed by atoms with E-state index in [4.69, 9.17) is 16.0 Å². The smallest absolute Gasteiger partial charge is 0.249 e. The fourth-order valence-electron chi connectivity index (χ4n) is 2.85. The van der Waals surface area contributed by atoms with Crippen molar-refractivity contribution >= 4 is 28.3 Å². The number of hydrogen-bond donors (Lipinski definition) is 1. The zero-order valence-electron chi connectivity index (χ0n) is 13.0. The van der Waals surface area contributed by atoms with Gasteiger partial charge < -0.3 is 9.40 Å². The molecule has 2 aromatic heterocycles. The molecular weight excluding hydrogens is 338 g/mol. The number of aromatic nitrogens is 1. The average Bonchev–Trinajstić information content (AvgIpc) is 3.14. The van der Waals surface area contributed by atoms with Gasteiger partial charge in [0.2, 0.25) is 5.56 Å². The maximum absolute atomic E-state index is 12.6. The van der Waals surface area contributed by atoms with Crippen LogP contribution in [0.3, 0.4) is 0 Å². The largest absolute Gasteiger partial charge is 0.472 e. The van der Waals surface area contributed by atoms with Gasteiger partial charge in [0.25, 0.3) is 0 Å². The average molecular weight is 350 g/mol. The molecule has 0 aliphatic heterocycles. The van der Waals surface area contributed by atoms with Crippen LogP contribution in [-0.4, -0.2) is 10.8 Å². The van der Waals surface area contributed by atoms with Crippen LogP contribution < -0.4 is 5.56 Å². The third-order valence-corrected chi connectivity index (χ3v) is 4.26. The van der Waals surface area contributed by atoms with E-state index in [9.17, 15) is 9.59 Å². The van der Waals surface area contributed by atoms with Crippen LogP contribution in [0.2, 0.25) is 5.02 Å². The minimum Gasteiger partial charge on any atom is -0.472 e. The van der Waals surface area contributed by atoms with Gasteiger partial charge >= 0.3 is 0 Å². The van der Waals surface area contributed by atoms with Gasteiger partial charge in [0, 0.05) is 27.6 Å². The van der Waals surface area contributed by atoms with Gasteiger partial charge in [-0.1, -0.05) is 23.7 Å². The third kappa shape index (κ3) is 2.88. The van der Waals surface area contributed by atoms with Gasteiger partial charge in [-0.05, 0) is 47.5 Å². The maximum Gasteiger partial charge on any atom is 0.249 e. The predicted octanol–water partition coefficient (Wildman–Crippen LogP) is 4.67. The summed E-state index contributed by atoms with van der Waals surface area (Å²) in [6.45, 7) is 0. The van der Waals surface area contributed by atoms with Crippen molar-refractivity contribution in [3.63, 3.8) is 0 Å². The summed E-state index contributed by atoms with van der Waals surface area (Å²) in [6.07, 6.45) is 2.88. The number of halogens is 1. The number of H-pyrrole nitrogens is 1. The Labute approximate surface area is 147 Å². The first kappa shape index (κ1) is 15.4. The summed E-state index contributed by atoms with van der Waals surface area (Å²) in [5, 5.41) is 1.35. The first-order valence-electron chi connectivity index (χ1n) is 7.62. The summed E-state index contributed by atoms with van der Waals surface area (Å²) in [5.74, 6) is -0.140. The molecule has 0 radical (unpaired) electrons. The minimum atomic E-state index is -0.212. The molecule has 0 saturated carbocycles. The van der Waals surface area contributed by atoms with Crippen LogP contribution in [0.25, 0.3) is 22.0 Å². The van der Waals surface area contributed by atoms with E-state index in [0.717, 1.165) is 16.5 Å². The van der Waals surface area contributed by atoms with Crippen LogP contribution in [0.4, 0.5) is 0 Å². The van der Waals surface area contributed by atoms with Gasteiger partial charge in [-0.15, -0.1) is 0 Å². The standard InChI is InChI=1S/C20H12ClNO3/c21-15-3-1-2-12(8-15)16-10-19(23)22-18-5-4-13(9-17(16)18)20(24)14-6-7-25-11-14/h1-11H,(H,22,23). The number of hydrogen-bond acceptors (Lipinski definition) is 3. The number of carbonyl (C=O) groups excluding carboxylic acids is 1. The van der Waals surface area contributed by atoms with Gasteiger partial charge in [-0.25, -0.2) is 0 Å². The lowest BCUT2D eigenvalue weighted by molar-refractivity contribution is 0.103. The van der Waals surface area contributed by atoms with E-state index in [0.29, 0.717) is 21.7 Å². The number of nitrogens with one attached hydrogen (secondary N) is 1. The lowest BCUT2D eigenvalue weighted by Crippen LogP contribution is -2.06. The Kier molecular flexibility index (Phi) is 3.75. The Morgan fingerprint density at radius 2 is 1.88 bits per heavy atom. The van der Waals surface area contributed by atoms with Crippen molar-refractivity contribution in [2.75, 3.05) is 0 Å². The van der Waals surface area contributed by atoms with E-state index in [1.165, 1.54) is 18.6 Å². The first-order valence-corrected chi connectivity index (χ1v) is 7.99. The molecule has 2 heterocycles. The lowest BCUT2D eigenvalue weighted by atomic mass is 9.97. The van der Waals surface area contributed by atoms with Crippen LogP contribution in [0.5, 0.6) is 0 Å². The molecule has 0 amide bonds. The highest BCUT2D eigenvalue weighted by Gasteiger charge is 2.13. The summed E-state index contributed by atoms with van der Waals surface area (Å²) < 4.78 is 4.98. The van der Waals surface area contributed by atoms with Crippen molar-refractivity contribution < 1.29 is 9.21 Å². The molecule has 0 fully saturated rings. The number of rotatable bonds is 3. The predicted molar refractivity (Wildman–Crippen MR) is 97.2 cm³/mol. The highest BCUT2D eigenvalue weighted by Crippen LogP contribution is 2.29. The third-order valence-electron chi connectivity index (χ3n) is 4.02. The number of aromatic amines is 1. The van der Waals surface area contributed by atoms with E-state index in [-0.39, 0.29) is 11.3 Å². The summed E-state index contributed by atoms with van der Waals surface area (Å²) >= 11 is 6.08. The SMILES string of the molecule is O=C(c1ccoc1)c1ccc2[nH]c(=O)cc(-c3cccc(Cl)c3)c2c1. The Balaban J connectivity index is 1.95. The van der Waals surface area contributed by atoms with Crippen molar-refractivity contribution in [3.8, 4) is 11.1 Å². The van der Waals surface area contributed by atoms with Crippen molar-refractivity contribution in [2.45, 2.75) is 0 Å². The Bertz CT molecular complexity index is 1140. The number of furan rings is 1. The topological polar surface area (TPSA) is 63.1 Å². The van der Waals surface area contributed by atoms with Crippen LogP contribution in [-0.2, 0) is 0 Å². The zero-order chi connectivity index (χ0) is 17.4. The van der Waals surface area contributed by atoms with Crippen LogP contribution in [0.15, 0.2) is 76.3 Å². The highest BCUT2D eigenvalue weighted by atomic mass is 35.5. The molecule has 4 aromatic rings. The van der Waals surface area contributed by atoms with Crippen LogP contribution in [0, 0.1) is 0 Å². The van der Waals surface area contributed by atoms with E-state index < -0.39 is 0 Å². The number of fused-ring (bicyclic) bond motifs is 1. The van der Waals surface area contributed by atoms with Gasteiger partial charge in [-0.2, -0.15) is 0 Å². The quantitative estimate of drug-likeness (QED) is 0.546. The molecule has 122 valence electrons. The molecule has 0 saturated heterocycles. The lowest BCUT2D eigenvalue weighted by Gasteiger charge is -2.09. The Hall–Kier alpha value is -3.11. The summed E-state index contributed by atoms with van der Waals surface area (Å²) in [4.78, 5) is 27.4. The minimum absolute atomic E-state index is 0.140. The molecule has 4 rings (SSSR count). The van der Waals surface area contributed by atoms with Crippen LogP contribution >= 0.6 is 11.6 Å². The van der Waals surface area contributed by atoms with Crippen molar-refractivity contribution in [1.29, 1.82) is 0 Å². The second kappa shape index (κ2) is 6.07. The molecule has 2 aromatic carbocycles. The molecule has 1 N–H and O–H groups in total. The van der Waals surface area contributed by atoms with Gasteiger partial charge in [0.1, 0.15) is 6.26 Å². The van der Waals surface area contributed by atoms with Gasteiger partial charge in [0.15, 0.2) is 5.78 Å². The van der Waals surface area contributed by atoms with Crippen LogP contribution in [0.1, 0.15) is 15.9 Å². The first-order chi connectivity index (χ1) is 12.1. The normalized spacial score (nSPS) is 10.9. The second-order valence-corrected chi connectivity index (χ2v) is 6.10. The molecule has 5 heteroatoms. The fourth-order valence-corrected chi connectivity index (χ4v) is 3.04. The van der Waals surface area contributed by atoms with Crippen molar-refractivity contribution in [2.24, 2.45) is 0 Å². The van der Waals surface area contributed by atoms with Crippen molar-refractivity contribution in [1.82, 2.24) is 4.98 Å². The van der Waals surface area contributed by atoms with E-state index in [1.807, 2.05) is 12.1 Å². The molecule has 0 aliphatic carbocycles. The maximum atomic E-state index is 12.6. The molecule has 0 unspecified atom stereocenters. The number of benzene rings is 2. The van der Waals surface area contributed by atoms with Gasteiger partial charge in [-0.3, -0.25) is 9.59 Å². The Morgan fingerprint density at radius 3 is 2.64 bits per heavy atom. The summed E-state index contributed by atoms with van der Waals surface area (Å²) in [6, 6.07) is 15.6. The molecular formula is C20H12ClNO3. The molecule has 0 spiro atoms.